The predicted octanol–water partition coefficient (Wildman–Crippen LogP) is 2.91. The van der Waals surface area contributed by atoms with Crippen LogP contribution in [0, 0.1) is 0 Å². The van der Waals surface area contributed by atoms with E-state index in [0.29, 0.717) is 29.4 Å². The Morgan fingerprint density at radius 3 is 2.45 bits per heavy atom. The van der Waals surface area contributed by atoms with Crippen molar-refractivity contribution in [2.75, 3.05) is 27.2 Å². The number of benzene rings is 1. The van der Waals surface area contributed by atoms with Crippen molar-refractivity contribution in [1.29, 1.82) is 0 Å². The normalized spacial score (nSPS) is 17.1. The molecule has 126 valence electrons. The van der Waals surface area contributed by atoms with Crippen molar-refractivity contribution < 1.29 is 13.2 Å². The Bertz CT molecular complexity index is 620. The quantitative estimate of drug-likeness (QED) is 0.792. The summed E-state index contributed by atoms with van der Waals surface area (Å²) in [7, 11) is -0.165. The number of sulfonamides is 1. The lowest BCUT2D eigenvalue weighted by atomic mass is 10.1. The SMILES string of the molecule is CNC1CCN(S(=O)(=O)c2cc(Cl)c(OC)cc2Br)CC1.Cl. The minimum absolute atomic E-state index is 0. The summed E-state index contributed by atoms with van der Waals surface area (Å²) in [5.74, 6) is 0.441. The van der Waals surface area contributed by atoms with Crippen molar-refractivity contribution in [2.45, 2.75) is 23.8 Å². The molecule has 1 aliphatic heterocycles. The van der Waals surface area contributed by atoms with Gasteiger partial charge in [0.1, 0.15) is 5.75 Å². The van der Waals surface area contributed by atoms with Gasteiger partial charge in [0.05, 0.1) is 17.0 Å². The van der Waals surface area contributed by atoms with Crippen LogP contribution in [0.1, 0.15) is 12.8 Å². The van der Waals surface area contributed by atoms with Crippen LogP contribution in [-0.4, -0.2) is 46.0 Å². The molecule has 1 fully saturated rings. The minimum Gasteiger partial charge on any atom is -0.495 e. The lowest BCUT2D eigenvalue weighted by Gasteiger charge is -2.31. The molecule has 0 aliphatic carbocycles. The Morgan fingerprint density at radius 2 is 1.95 bits per heavy atom. The van der Waals surface area contributed by atoms with Crippen LogP contribution in [0.3, 0.4) is 0 Å². The molecule has 0 atom stereocenters. The van der Waals surface area contributed by atoms with E-state index in [1.54, 1.807) is 6.07 Å². The summed E-state index contributed by atoms with van der Waals surface area (Å²) in [5, 5.41) is 3.46. The molecule has 0 unspecified atom stereocenters. The molecule has 2 rings (SSSR count). The largest absolute Gasteiger partial charge is 0.495 e. The molecule has 1 aliphatic rings. The Kier molecular flexibility index (Phi) is 7.42. The van der Waals surface area contributed by atoms with E-state index in [1.807, 2.05) is 7.05 Å². The average Bonchev–Trinajstić information content (AvgIpc) is 2.49. The first-order chi connectivity index (χ1) is 9.90. The van der Waals surface area contributed by atoms with Gasteiger partial charge >= 0.3 is 0 Å². The zero-order chi connectivity index (χ0) is 15.6. The van der Waals surface area contributed by atoms with Gasteiger partial charge in [0.15, 0.2) is 0 Å². The highest BCUT2D eigenvalue weighted by atomic mass is 79.9. The van der Waals surface area contributed by atoms with Crippen LogP contribution in [0.5, 0.6) is 5.75 Å². The summed E-state index contributed by atoms with van der Waals surface area (Å²) >= 11 is 9.35. The van der Waals surface area contributed by atoms with Gasteiger partial charge in [0.2, 0.25) is 10.0 Å². The van der Waals surface area contributed by atoms with Crippen molar-refractivity contribution in [1.82, 2.24) is 9.62 Å². The maximum Gasteiger partial charge on any atom is 0.244 e. The topological polar surface area (TPSA) is 58.6 Å². The number of ether oxygens (including phenoxy) is 1. The molecular formula is C13H19BrCl2N2O3S. The fourth-order valence-electron chi connectivity index (χ4n) is 2.39. The molecule has 1 saturated heterocycles. The van der Waals surface area contributed by atoms with E-state index < -0.39 is 10.0 Å². The van der Waals surface area contributed by atoms with Gasteiger partial charge in [-0.25, -0.2) is 8.42 Å². The summed E-state index contributed by atoms with van der Waals surface area (Å²) in [6.07, 6.45) is 1.61. The molecule has 5 nitrogen and oxygen atoms in total. The summed E-state index contributed by atoms with van der Waals surface area (Å²) in [5.41, 5.74) is 0. The number of rotatable bonds is 4. The van der Waals surface area contributed by atoms with Crippen LogP contribution in [0.2, 0.25) is 5.02 Å². The number of piperidine rings is 1. The third-order valence-electron chi connectivity index (χ3n) is 3.69. The molecule has 0 spiro atoms. The minimum atomic E-state index is -3.55. The first-order valence-corrected chi connectivity index (χ1v) is 9.21. The van der Waals surface area contributed by atoms with E-state index in [0.717, 1.165) is 12.8 Å². The molecule has 1 aromatic rings. The Labute approximate surface area is 150 Å². The Hall–Kier alpha value is -0.0500. The fourth-order valence-corrected chi connectivity index (χ4v) is 5.17. The number of methoxy groups -OCH3 is 1. The van der Waals surface area contributed by atoms with Crippen molar-refractivity contribution in [3.63, 3.8) is 0 Å². The van der Waals surface area contributed by atoms with Crippen molar-refractivity contribution in [2.24, 2.45) is 0 Å². The molecule has 0 saturated carbocycles. The van der Waals surface area contributed by atoms with Gasteiger partial charge in [-0.05, 0) is 48.0 Å². The zero-order valence-corrected chi connectivity index (χ0v) is 16.3. The number of halogens is 3. The second kappa shape index (κ2) is 8.17. The van der Waals surface area contributed by atoms with Gasteiger partial charge in [-0.2, -0.15) is 4.31 Å². The smallest absolute Gasteiger partial charge is 0.244 e. The first-order valence-electron chi connectivity index (χ1n) is 6.60. The molecule has 9 heteroatoms. The lowest BCUT2D eigenvalue weighted by Crippen LogP contribution is -2.43. The number of nitrogens with one attached hydrogen (secondary N) is 1. The highest BCUT2D eigenvalue weighted by Gasteiger charge is 2.31. The van der Waals surface area contributed by atoms with E-state index >= 15 is 0 Å². The molecular weight excluding hydrogens is 415 g/mol. The van der Waals surface area contributed by atoms with Crippen LogP contribution in [0.4, 0.5) is 0 Å². The maximum absolute atomic E-state index is 12.7. The zero-order valence-electron chi connectivity index (χ0n) is 12.3. The van der Waals surface area contributed by atoms with Crippen LogP contribution in [-0.2, 0) is 10.0 Å². The highest BCUT2D eigenvalue weighted by Crippen LogP contribution is 2.35. The molecule has 0 aromatic heterocycles. The monoisotopic (exact) mass is 432 g/mol. The van der Waals surface area contributed by atoms with E-state index in [1.165, 1.54) is 17.5 Å². The van der Waals surface area contributed by atoms with Gasteiger partial charge < -0.3 is 10.1 Å². The molecule has 1 N–H and O–H groups in total. The Balaban J connectivity index is 0.00000242. The number of hydrogen-bond donors (Lipinski definition) is 1. The third kappa shape index (κ3) is 4.07. The van der Waals surface area contributed by atoms with Crippen molar-refractivity contribution in [3.8, 4) is 5.75 Å². The van der Waals surface area contributed by atoms with E-state index in [2.05, 4.69) is 21.2 Å². The molecule has 0 radical (unpaired) electrons. The second-order valence-corrected chi connectivity index (χ2v) is 8.05. The van der Waals surface area contributed by atoms with Crippen LogP contribution >= 0.6 is 39.9 Å². The van der Waals surface area contributed by atoms with E-state index in [4.69, 9.17) is 16.3 Å². The van der Waals surface area contributed by atoms with Gasteiger partial charge in [0.25, 0.3) is 0 Å². The molecule has 1 heterocycles. The molecule has 1 aromatic carbocycles. The van der Waals surface area contributed by atoms with Gasteiger partial charge in [-0.1, -0.05) is 11.6 Å². The molecule has 22 heavy (non-hydrogen) atoms. The number of nitrogens with zero attached hydrogens (tertiary/aromatic N) is 1. The van der Waals surface area contributed by atoms with Crippen LogP contribution < -0.4 is 10.1 Å². The standard InChI is InChI=1S/C13H18BrClN2O3S.ClH/c1-16-9-3-5-17(6-4-9)21(18,19)13-8-11(15)12(20-2)7-10(13)14;/h7-9,16H,3-6H2,1-2H3;1H. The Morgan fingerprint density at radius 1 is 1.36 bits per heavy atom. The predicted molar refractivity (Wildman–Crippen MR) is 93.8 cm³/mol. The summed E-state index contributed by atoms with van der Waals surface area (Å²) in [6, 6.07) is 3.39. The van der Waals surface area contributed by atoms with Crippen LogP contribution in [0.15, 0.2) is 21.5 Å². The van der Waals surface area contributed by atoms with Crippen LogP contribution in [0.25, 0.3) is 0 Å². The average molecular weight is 434 g/mol. The highest BCUT2D eigenvalue weighted by molar-refractivity contribution is 9.10. The van der Waals surface area contributed by atoms with Gasteiger partial charge in [0, 0.05) is 23.6 Å². The fraction of sp³-hybridized carbons (Fsp3) is 0.538. The number of hydrogen-bond acceptors (Lipinski definition) is 4. The molecule has 0 bridgehead atoms. The van der Waals surface area contributed by atoms with Crippen molar-refractivity contribution >= 4 is 50.0 Å². The second-order valence-electron chi connectivity index (χ2n) is 4.88. The summed E-state index contributed by atoms with van der Waals surface area (Å²) < 4.78 is 32.5. The van der Waals surface area contributed by atoms with Gasteiger partial charge in [-0.3, -0.25) is 0 Å². The van der Waals surface area contributed by atoms with E-state index in [-0.39, 0.29) is 22.3 Å². The molecule has 0 amide bonds. The first kappa shape index (κ1) is 20.0. The third-order valence-corrected chi connectivity index (χ3v) is 6.84. The van der Waals surface area contributed by atoms with Crippen molar-refractivity contribution in [3.05, 3.63) is 21.6 Å². The maximum atomic E-state index is 12.7. The van der Waals surface area contributed by atoms with Gasteiger partial charge in [-0.15, -0.1) is 12.4 Å². The lowest BCUT2D eigenvalue weighted by molar-refractivity contribution is 0.298. The van der Waals surface area contributed by atoms with E-state index in [9.17, 15) is 8.42 Å². The summed E-state index contributed by atoms with van der Waals surface area (Å²) in [6.45, 7) is 1.01. The summed E-state index contributed by atoms with van der Waals surface area (Å²) in [4.78, 5) is 0.177.